The fourth-order valence-corrected chi connectivity index (χ4v) is 2.91. The highest BCUT2D eigenvalue weighted by atomic mass is 79.9. The minimum atomic E-state index is -0.868. The van der Waals surface area contributed by atoms with Crippen LogP contribution < -0.4 is 4.74 Å². The Morgan fingerprint density at radius 3 is 2.90 bits per heavy atom. The zero-order valence-corrected chi connectivity index (χ0v) is 13.2. The molecule has 1 aliphatic heterocycles. The van der Waals surface area contributed by atoms with Gasteiger partial charge in [-0.3, -0.25) is 9.59 Å². The molecule has 1 heterocycles. The SMILES string of the molecule is O=C(O)CC1CCCCN1C(=O)COc1cccc(Br)c1. The van der Waals surface area contributed by atoms with Crippen LogP contribution in [0.4, 0.5) is 0 Å². The van der Waals surface area contributed by atoms with Gasteiger partial charge in [-0.25, -0.2) is 0 Å². The van der Waals surface area contributed by atoms with Crippen molar-refractivity contribution in [2.45, 2.75) is 31.7 Å². The van der Waals surface area contributed by atoms with E-state index in [2.05, 4.69) is 15.9 Å². The molecule has 1 aromatic carbocycles. The van der Waals surface area contributed by atoms with Gasteiger partial charge in [0.05, 0.1) is 6.42 Å². The Morgan fingerprint density at radius 1 is 1.38 bits per heavy atom. The second kappa shape index (κ2) is 7.45. The standard InChI is InChI=1S/C15H18BrNO4/c16-11-4-3-6-13(8-11)21-10-14(18)17-7-2-1-5-12(17)9-15(19)20/h3-4,6,8,12H,1-2,5,7,9-10H2,(H,19,20). The third kappa shape index (κ3) is 4.74. The van der Waals surface area contributed by atoms with Crippen LogP contribution in [0.5, 0.6) is 5.75 Å². The molecule has 0 saturated carbocycles. The van der Waals surface area contributed by atoms with Crippen molar-refractivity contribution < 1.29 is 19.4 Å². The first-order chi connectivity index (χ1) is 10.1. The average molecular weight is 356 g/mol. The Labute approximate surface area is 132 Å². The largest absolute Gasteiger partial charge is 0.484 e. The summed E-state index contributed by atoms with van der Waals surface area (Å²) in [6.45, 7) is 0.547. The number of carbonyl (C=O) groups excluding carboxylic acids is 1. The average Bonchev–Trinajstić information content (AvgIpc) is 2.45. The van der Waals surface area contributed by atoms with Gasteiger partial charge >= 0.3 is 5.97 Å². The van der Waals surface area contributed by atoms with E-state index in [4.69, 9.17) is 9.84 Å². The number of carbonyl (C=O) groups is 2. The summed E-state index contributed by atoms with van der Waals surface area (Å²) >= 11 is 3.34. The molecule has 0 aromatic heterocycles. The number of amides is 1. The van der Waals surface area contributed by atoms with Crippen LogP contribution in [0.15, 0.2) is 28.7 Å². The van der Waals surface area contributed by atoms with Crippen LogP contribution in [0.25, 0.3) is 0 Å². The van der Waals surface area contributed by atoms with Crippen molar-refractivity contribution in [1.29, 1.82) is 0 Å². The Bertz CT molecular complexity index is 520. The molecule has 21 heavy (non-hydrogen) atoms. The second-order valence-corrected chi connectivity index (χ2v) is 6.00. The molecule has 5 nitrogen and oxygen atoms in total. The maximum Gasteiger partial charge on any atom is 0.305 e. The number of ether oxygens (including phenoxy) is 1. The maximum absolute atomic E-state index is 12.2. The van der Waals surface area contributed by atoms with Gasteiger partial charge in [-0.2, -0.15) is 0 Å². The summed E-state index contributed by atoms with van der Waals surface area (Å²) in [6.07, 6.45) is 2.63. The van der Waals surface area contributed by atoms with E-state index in [0.717, 1.165) is 23.7 Å². The summed E-state index contributed by atoms with van der Waals surface area (Å²) in [7, 11) is 0. The summed E-state index contributed by atoms with van der Waals surface area (Å²) in [5.74, 6) is -0.405. The third-order valence-corrected chi connectivity index (χ3v) is 4.01. The Balaban J connectivity index is 1.92. The normalized spacial score (nSPS) is 18.3. The van der Waals surface area contributed by atoms with E-state index in [-0.39, 0.29) is 25.0 Å². The van der Waals surface area contributed by atoms with Crippen LogP contribution in [0, 0.1) is 0 Å². The highest BCUT2D eigenvalue weighted by Gasteiger charge is 2.28. The van der Waals surface area contributed by atoms with Gasteiger partial charge in [-0.1, -0.05) is 22.0 Å². The van der Waals surface area contributed by atoms with Crippen molar-refractivity contribution in [3.63, 3.8) is 0 Å². The fourth-order valence-electron chi connectivity index (χ4n) is 2.53. The lowest BCUT2D eigenvalue weighted by Gasteiger charge is -2.34. The van der Waals surface area contributed by atoms with Crippen molar-refractivity contribution in [3.8, 4) is 5.75 Å². The first-order valence-electron chi connectivity index (χ1n) is 6.96. The molecule has 1 atom stereocenters. The van der Waals surface area contributed by atoms with E-state index in [1.165, 1.54) is 0 Å². The molecular formula is C15H18BrNO4. The van der Waals surface area contributed by atoms with Crippen molar-refractivity contribution in [3.05, 3.63) is 28.7 Å². The first kappa shape index (κ1) is 15.8. The molecule has 0 bridgehead atoms. The number of rotatable bonds is 5. The van der Waals surface area contributed by atoms with E-state index in [9.17, 15) is 9.59 Å². The number of hydrogen-bond acceptors (Lipinski definition) is 3. The van der Waals surface area contributed by atoms with Crippen LogP contribution in [-0.4, -0.2) is 41.1 Å². The number of piperidine rings is 1. The van der Waals surface area contributed by atoms with Crippen LogP contribution in [0.1, 0.15) is 25.7 Å². The van der Waals surface area contributed by atoms with Crippen LogP contribution in [0.2, 0.25) is 0 Å². The summed E-state index contributed by atoms with van der Waals surface area (Å²) in [5.41, 5.74) is 0. The van der Waals surface area contributed by atoms with Gasteiger partial charge in [-0.05, 0) is 37.5 Å². The molecule has 0 spiro atoms. The van der Waals surface area contributed by atoms with E-state index in [0.29, 0.717) is 12.3 Å². The number of carboxylic acid groups (broad SMARTS) is 1. The smallest absolute Gasteiger partial charge is 0.305 e. The zero-order valence-electron chi connectivity index (χ0n) is 11.6. The fraction of sp³-hybridized carbons (Fsp3) is 0.467. The molecular weight excluding hydrogens is 338 g/mol. The van der Waals surface area contributed by atoms with Gasteiger partial charge in [0.25, 0.3) is 5.91 Å². The van der Waals surface area contributed by atoms with Crippen LogP contribution in [0.3, 0.4) is 0 Å². The predicted molar refractivity (Wildman–Crippen MR) is 81.2 cm³/mol. The molecule has 114 valence electrons. The van der Waals surface area contributed by atoms with Crippen molar-refractivity contribution in [1.82, 2.24) is 4.90 Å². The molecule has 1 amide bonds. The third-order valence-electron chi connectivity index (χ3n) is 3.52. The van der Waals surface area contributed by atoms with Crippen LogP contribution >= 0.6 is 15.9 Å². The van der Waals surface area contributed by atoms with E-state index in [1.54, 1.807) is 17.0 Å². The lowest BCUT2D eigenvalue weighted by Crippen LogP contribution is -2.46. The number of hydrogen-bond donors (Lipinski definition) is 1. The lowest BCUT2D eigenvalue weighted by molar-refractivity contribution is -0.142. The molecule has 0 radical (unpaired) electrons. The molecule has 1 saturated heterocycles. The van der Waals surface area contributed by atoms with Crippen molar-refractivity contribution in [2.75, 3.05) is 13.2 Å². The van der Waals surface area contributed by atoms with Gasteiger partial charge in [0.2, 0.25) is 0 Å². The predicted octanol–water partition coefficient (Wildman–Crippen LogP) is 2.68. The Hall–Kier alpha value is -1.56. The second-order valence-electron chi connectivity index (χ2n) is 5.08. The number of benzene rings is 1. The zero-order chi connectivity index (χ0) is 15.2. The van der Waals surface area contributed by atoms with Gasteiger partial charge in [-0.15, -0.1) is 0 Å². The van der Waals surface area contributed by atoms with Crippen LogP contribution in [-0.2, 0) is 9.59 Å². The molecule has 1 N–H and O–H groups in total. The monoisotopic (exact) mass is 355 g/mol. The molecule has 1 aromatic rings. The van der Waals surface area contributed by atoms with Crippen molar-refractivity contribution in [2.24, 2.45) is 0 Å². The first-order valence-corrected chi connectivity index (χ1v) is 7.75. The number of aliphatic carboxylic acids is 1. The van der Waals surface area contributed by atoms with Gasteiger partial charge in [0, 0.05) is 17.1 Å². The quantitative estimate of drug-likeness (QED) is 0.881. The van der Waals surface area contributed by atoms with E-state index >= 15 is 0 Å². The summed E-state index contributed by atoms with van der Waals surface area (Å²) in [4.78, 5) is 24.8. The summed E-state index contributed by atoms with van der Waals surface area (Å²) in [6, 6.07) is 7.07. The Kier molecular flexibility index (Phi) is 5.61. The summed E-state index contributed by atoms with van der Waals surface area (Å²) < 4.78 is 6.37. The van der Waals surface area contributed by atoms with E-state index in [1.807, 2.05) is 12.1 Å². The van der Waals surface area contributed by atoms with Crippen molar-refractivity contribution >= 4 is 27.8 Å². The molecule has 0 aliphatic carbocycles. The highest BCUT2D eigenvalue weighted by Crippen LogP contribution is 2.21. The minimum Gasteiger partial charge on any atom is -0.484 e. The lowest BCUT2D eigenvalue weighted by atomic mass is 9.99. The minimum absolute atomic E-state index is 0.00260. The number of carboxylic acids is 1. The van der Waals surface area contributed by atoms with Gasteiger partial charge in [0.1, 0.15) is 5.75 Å². The topological polar surface area (TPSA) is 66.8 Å². The molecule has 2 rings (SSSR count). The number of nitrogens with zero attached hydrogens (tertiary/aromatic N) is 1. The molecule has 6 heteroatoms. The molecule has 1 unspecified atom stereocenters. The van der Waals surface area contributed by atoms with Gasteiger partial charge in [0.15, 0.2) is 6.61 Å². The number of halogens is 1. The summed E-state index contributed by atoms with van der Waals surface area (Å²) in [5, 5.41) is 8.93. The molecule has 1 fully saturated rings. The highest BCUT2D eigenvalue weighted by molar-refractivity contribution is 9.10. The maximum atomic E-state index is 12.2. The molecule has 1 aliphatic rings. The van der Waals surface area contributed by atoms with Gasteiger partial charge < -0.3 is 14.7 Å². The Morgan fingerprint density at radius 2 is 2.19 bits per heavy atom. The van der Waals surface area contributed by atoms with E-state index < -0.39 is 5.97 Å². The number of likely N-dealkylation sites (tertiary alicyclic amines) is 1.